The first-order chi connectivity index (χ1) is 9.09. The molecular formula is C14H12N2O3. The summed E-state index contributed by atoms with van der Waals surface area (Å²) in [6.07, 6.45) is 3.18. The highest BCUT2D eigenvalue weighted by atomic mass is 16.4. The Morgan fingerprint density at radius 2 is 1.84 bits per heavy atom. The van der Waals surface area contributed by atoms with Crippen LogP contribution in [0.4, 0.5) is 5.69 Å². The highest BCUT2D eigenvalue weighted by Crippen LogP contribution is 2.15. The molecule has 96 valence electrons. The monoisotopic (exact) mass is 256 g/mol. The molecule has 0 saturated carbocycles. The molecule has 2 rings (SSSR count). The van der Waals surface area contributed by atoms with Gasteiger partial charge in [-0.15, -0.1) is 0 Å². The molecule has 0 aliphatic carbocycles. The van der Waals surface area contributed by atoms with Crippen molar-refractivity contribution in [1.82, 2.24) is 4.98 Å². The number of carboxylic acids is 1. The second-order valence-corrected chi connectivity index (χ2v) is 4.00. The van der Waals surface area contributed by atoms with Crippen molar-refractivity contribution in [3.8, 4) is 0 Å². The van der Waals surface area contributed by atoms with Crippen LogP contribution in [0.15, 0.2) is 42.7 Å². The Balaban J connectivity index is 2.31. The third-order valence-corrected chi connectivity index (χ3v) is 2.67. The maximum absolute atomic E-state index is 12.1. The van der Waals surface area contributed by atoms with Crippen LogP contribution in [0, 0.1) is 6.92 Å². The Kier molecular flexibility index (Phi) is 3.56. The van der Waals surface area contributed by atoms with Crippen LogP contribution in [0.1, 0.15) is 26.3 Å². The Bertz CT molecular complexity index is 638. The lowest BCUT2D eigenvalue weighted by Gasteiger charge is -2.09. The number of nitrogens with zero attached hydrogens (tertiary/aromatic N) is 1. The van der Waals surface area contributed by atoms with Crippen LogP contribution < -0.4 is 5.32 Å². The molecule has 5 heteroatoms. The third kappa shape index (κ3) is 2.77. The molecule has 0 unspecified atom stereocenters. The van der Waals surface area contributed by atoms with Crippen LogP contribution in [0.2, 0.25) is 0 Å². The number of carboxylic acid groups (broad SMARTS) is 1. The van der Waals surface area contributed by atoms with E-state index in [9.17, 15) is 9.59 Å². The first-order valence-electron chi connectivity index (χ1n) is 5.64. The fraction of sp³-hybridized carbons (Fsp3) is 0.0714. The number of anilines is 1. The summed E-state index contributed by atoms with van der Waals surface area (Å²) in [4.78, 5) is 27.1. The average molecular weight is 256 g/mol. The van der Waals surface area contributed by atoms with E-state index in [1.807, 2.05) is 6.92 Å². The van der Waals surface area contributed by atoms with E-state index in [1.54, 1.807) is 30.6 Å². The topological polar surface area (TPSA) is 79.3 Å². The van der Waals surface area contributed by atoms with Gasteiger partial charge in [0.25, 0.3) is 5.91 Å². The number of aromatic nitrogens is 1. The summed E-state index contributed by atoms with van der Waals surface area (Å²) in [5, 5.41) is 11.7. The number of hydrogen-bond acceptors (Lipinski definition) is 3. The molecule has 0 bridgehead atoms. The number of hydrogen-bond donors (Lipinski definition) is 2. The minimum atomic E-state index is -1.13. The molecule has 0 spiro atoms. The molecule has 1 aromatic heterocycles. The minimum absolute atomic E-state index is 0.0216. The van der Waals surface area contributed by atoms with E-state index < -0.39 is 11.9 Å². The predicted molar refractivity (Wildman–Crippen MR) is 70.3 cm³/mol. The number of aromatic carboxylic acids is 1. The van der Waals surface area contributed by atoms with Gasteiger partial charge in [-0.1, -0.05) is 12.1 Å². The van der Waals surface area contributed by atoms with Gasteiger partial charge in [-0.2, -0.15) is 0 Å². The number of pyridine rings is 1. The molecule has 5 nitrogen and oxygen atoms in total. The number of aryl methyl sites for hydroxylation is 1. The molecule has 0 atom stereocenters. The van der Waals surface area contributed by atoms with Crippen LogP contribution in [-0.4, -0.2) is 22.0 Å². The van der Waals surface area contributed by atoms with Gasteiger partial charge in [0.1, 0.15) is 0 Å². The summed E-state index contributed by atoms with van der Waals surface area (Å²) in [7, 11) is 0. The quantitative estimate of drug-likeness (QED) is 0.883. The molecule has 1 aromatic carbocycles. The summed E-state index contributed by atoms with van der Waals surface area (Å²) >= 11 is 0. The van der Waals surface area contributed by atoms with Crippen molar-refractivity contribution in [3.63, 3.8) is 0 Å². The fourth-order valence-electron chi connectivity index (χ4n) is 1.67. The van der Waals surface area contributed by atoms with Crippen molar-refractivity contribution >= 4 is 17.6 Å². The lowest BCUT2D eigenvalue weighted by molar-refractivity contribution is 0.0692. The summed E-state index contributed by atoms with van der Waals surface area (Å²) in [5.41, 5.74) is 1.53. The predicted octanol–water partition coefficient (Wildman–Crippen LogP) is 2.34. The van der Waals surface area contributed by atoms with E-state index >= 15 is 0 Å². The average Bonchev–Trinajstić information content (AvgIpc) is 2.41. The van der Waals surface area contributed by atoms with E-state index in [0.717, 1.165) is 5.56 Å². The minimum Gasteiger partial charge on any atom is -0.478 e. The third-order valence-electron chi connectivity index (χ3n) is 2.67. The zero-order valence-electron chi connectivity index (χ0n) is 10.3. The van der Waals surface area contributed by atoms with E-state index in [4.69, 9.17) is 5.11 Å². The van der Waals surface area contributed by atoms with Crippen molar-refractivity contribution in [1.29, 1.82) is 0 Å². The first-order valence-corrected chi connectivity index (χ1v) is 5.64. The fourth-order valence-corrected chi connectivity index (χ4v) is 1.67. The molecule has 2 N–H and O–H groups in total. The van der Waals surface area contributed by atoms with Crippen molar-refractivity contribution in [2.75, 3.05) is 5.32 Å². The Labute approximate surface area is 109 Å². The standard InChI is InChI=1S/C14H12N2O3/c1-9-8-15-7-6-12(9)16-13(17)10-4-2-3-5-11(10)14(18)19/h2-8H,1H3,(H,18,19)(H,15,16,17). The Hall–Kier alpha value is -2.69. The zero-order chi connectivity index (χ0) is 13.8. The van der Waals surface area contributed by atoms with Crippen LogP contribution in [0.3, 0.4) is 0 Å². The van der Waals surface area contributed by atoms with Gasteiger partial charge in [0.05, 0.1) is 11.1 Å². The number of benzene rings is 1. The van der Waals surface area contributed by atoms with Gasteiger partial charge < -0.3 is 10.4 Å². The highest BCUT2D eigenvalue weighted by Gasteiger charge is 2.16. The van der Waals surface area contributed by atoms with Crippen molar-refractivity contribution < 1.29 is 14.7 Å². The molecule has 1 heterocycles. The zero-order valence-corrected chi connectivity index (χ0v) is 10.3. The van der Waals surface area contributed by atoms with E-state index in [2.05, 4.69) is 10.3 Å². The van der Waals surface area contributed by atoms with E-state index in [1.165, 1.54) is 12.1 Å². The van der Waals surface area contributed by atoms with Gasteiger partial charge in [-0.05, 0) is 30.7 Å². The molecule has 0 saturated heterocycles. The van der Waals surface area contributed by atoms with Gasteiger partial charge in [0.2, 0.25) is 0 Å². The largest absolute Gasteiger partial charge is 0.478 e. The van der Waals surface area contributed by atoms with Gasteiger partial charge in [0, 0.05) is 18.1 Å². The lowest BCUT2D eigenvalue weighted by Crippen LogP contribution is -2.16. The molecular weight excluding hydrogens is 244 g/mol. The number of rotatable bonds is 3. The summed E-state index contributed by atoms with van der Waals surface area (Å²) < 4.78 is 0. The molecule has 2 aromatic rings. The first kappa shape index (κ1) is 12.8. The van der Waals surface area contributed by atoms with Crippen LogP contribution in [0.25, 0.3) is 0 Å². The molecule has 1 amide bonds. The number of nitrogens with one attached hydrogen (secondary N) is 1. The van der Waals surface area contributed by atoms with E-state index in [0.29, 0.717) is 5.69 Å². The normalized spacial score (nSPS) is 9.95. The Morgan fingerprint density at radius 3 is 2.47 bits per heavy atom. The van der Waals surface area contributed by atoms with Crippen molar-refractivity contribution in [2.24, 2.45) is 0 Å². The number of carbonyl (C=O) groups is 2. The molecule has 0 aliphatic heterocycles. The molecule has 19 heavy (non-hydrogen) atoms. The summed E-state index contributed by atoms with van der Waals surface area (Å²) in [6, 6.07) is 7.75. The van der Waals surface area contributed by atoms with Crippen molar-refractivity contribution in [3.05, 3.63) is 59.4 Å². The maximum atomic E-state index is 12.1. The second kappa shape index (κ2) is 5.30. The van der Waals surface area contributed by atoms with Gasteiger partial charge in [-0.3, -0.25) is 9.78 Å². The second-order valence-electron chi connectivity index (χ2n) is 4.00. The van der Waals surface area contributed by atoms with Crippen LogP contribution in [-0.2, 0) is 0 Å². The summed E-state index contributed by atoms with van der Waals surface area (Å²) in [5.74, 6) is -1.58. The smallest absolute Gasteiger partial charge is 0.336 e. The van der Waals surface area contributed by atoms with E-state index in [-0.39, 0.29) is 11.1 Å². The van der Waals surface area contributed by atoms with Gasteiger partial charge in [-0.25, -0.2) is 4.79 Å². The Morgan fingerprint density at radius 1 is 1.16 bits per heavy atom. The molecule has 0 fully saturated rings. The van der Waals surface area contributed by atoms with Gasteiger partial charge in [0.15, 0.2) is 0 Å². The lowest BCUT2D eigenvalue weighted by atomic mass is 10.1. The number of carbonyl (C=O) groups excluding carboxylic acids is 1. The van der Waals surface area contributed by atoms with Crippen LogP contribution in [0.5, 0.6) is 0 Å². The molecule has 0 radical (unpaired) electrons. The SMILES string of the molecule is Cc1cnccc1NC(=O)c1ccccc1C(=O)O. The number of amides is 1. The van der Waals surface area contributed by atoms with Crippen molar-refractivity contribution in [2.45, 2.75) is 6.92 Å². The summed E-state index contributed by atoms with van der Waals surface area (Å²) in [6.45, 7) is 1.81. The molecule has 0 aliphatic rings. The maximum Gasteiger partial charge on any atom is 0.336 e. The van der Waals surface area contributed by atoms with Crippen LogP contribution >= 0.6 is 0 Å². The van der Waals surface area contributed by atoms with Gasteiger partial charge >= 0.3 is 5.97 Å². The highest BCUT2D eigenvalue weighted by molar-refractivity contribution is 6.10.